The van der Waals surface area contributed by atoms with Crippen LogP contribution < -0.4 is 4.74 Å². The molecule has 5 heteroatoms. The van der Waals surface area contributed by atoms with Gasteiger partial charge in [-0.05, 0) is 30.2 Å². The van der Waals surface area contributed by atoms with Crippen LogP contribution in [-0.4, -0.2) is 49.2 Å². The van der Waals surface area contributed by atoms with E-state index in [9.17, 15) is 4.79 Å². The summed E-state index contributed by atoms with van der Waals surface area (Å²) in [5.74, 6) is 0.819. The Morgan fingerprint density at radius 3 is 2.86 bits per heavy atom. The molecule has 0 unspecified atom stereocenters. The number of hydrogen-bond donors (Lipinski definition) is 0. The molecule has 1 saturated heterocycles. The topological polar surface area (TPSA) is 51.7 Å². The predicted octanol–water partition coefficient (Wildman–Crippen LogP) is 2.03. The summed E-state index contributed by atoms with van der Waals surface area (Å²) in [6.07, 6.45) is 1.28. The van der Waals surface area contributed by atoms with Gasteiger partial charge in [0.2, 0.25) is 11.8 Å². The van der Waals surface area contributed by atoms with Crippen molar-refractivity contribution in [2.45, 2.75) is 12.8 Å². The molecule has 5 nitrogen and oxygen atoms in total. The van der Waals surface area contributed by atoms with Crippen molar-refractivity contribution in [2.75, 3.05) is 33.4 Å². The maximum Gasteiger partial charge on any atom is 0.223 e. The largest absolute Gasteiger partial charge is 0.481 e. The Hall–Kier alpha value is -2.14. The highest BCUT2D eigenvalue weighted by molar-refractivity contribution is 5.80. The molecule has 0 radical (unpaired) electrons. The van der Waals surface area contributed by atoms with E-state index in [-0.39, 0.29) is 5.91 Å². The highest BCUT2D eigenvalue weighted by Crippen LogP contribution is 2.19. The SMILES string of the molecule is COc1ccc2cc(CCC(=O)N3CCOCC3)ccc2n1. The van der Waals surface area contributed by atoms with Gasteiger partial charge >= 0.3 is 0 Å². The van der Waals surface area contributed by atoms with Crippen LogP contribution in [0, 0.1) is 0 Å². The van der Waals surface area contributed by atoms with E-state index in [1.165, 1.54) is 0 Å². The van der Waals surface area contributed by atoms with Gasteiger partial charge in [-0.1, -0.05) is 6.07 Å². The summed E-state index contributed by atoms with van der Waals surface area (Å²) < 4.78 is 10.4. The second-order valence-electron chi connectivity index (χ2n) is 5.37. The molecule has 1 aliphatic rings. The fourth-order valence-corrected chi connectivity index (χ4v) is 2.65. The molecule has 116 valence electrons. The number of aromatic nitrogens is 1. The van der Waals surface area contributed by atoms with Crippen molar-refractivity contribution >= 4 is 16.8 Å². The number of carbonyl (C=O) groups is 1. The summed E-state index contributed by atoms with van der Waals surface area (Å²) >= 11 is 0. The molecule has 1 aromatic heterocycles. The average Bonchev–Trinajstić information content (AvgIpc) is 2.59. The Balaban J connectivity index is 1.65. The smallest absolute Gasteiger partial charge is 0.223 e. The molecule has 0 aliphatic carbocycles. The van der Waals surface area contributed by atoms with Crippen molar-refractivity contribution in [2.24, 2.45) is 0 Å². The number of fused-ring (bicyclic) bond motifs is 1. The molecule has 1 aromatic carbocycles. The molecule has 22 heavy (non-hydrogen) atoms. The number of rotatable bonds is 4. The van der Waals surface area contributed by atoms with Gasteiger partial charge in [0.1, 0.15) is 0 Å². The quantitative estimate of drug-likeness (QED) is 0.867. The molecular weight excluding hydrogens is 280 g/mol. The van der Waals surface area contributed by atoms with Gasteiger partial charge in [0.05, 0.1) is 25.8 Å². The molecule has 0 spiro atoms. The van der Waals surface area contributed by atoms with Gasteiger partial charge in [-0.3, -0.25) is 4.79 Å². The van der Waals surface area contributed by atoms with E-state index in [0.717, 1.165) is 22.9 Å². The minimum atomic E-state index is 0.205. The van der Waals surface area contributed by atoms with E-state index in [1.807, 2.05) is 29.2 Å². The number of carbonyl (C=O) groups excluding carboxylic acids is 1. The molecule has 0 saturated carbocycles. The second-order valence-corrected chi connectivity index (χ2v) is 5.37. The molecule has 0 bridgehead atoms. The Labute approximate surface area is 129 Å². The zero-order valence-corrected chi connectivity index (χ0v) is 12.7. The normalized spacial score (nSPS) is 15.0. The number of nitrogens with zero attached hydrogens (tertiary/aromatic N) is 2. The van der Waals surface area contributed by atoms with Gasteiger partial charge in [0.25, 0.3) is 0 Å². The Morgan fingerprint density at radius 1 is 1.27 bits per heavy atom. The lowest BCUT2D eigenvalue weighted by Gasteiger charge is -2.26. The maximum absolute atomic E-state index is 12.2. The minimum absolute atomic E-state index is 0.205. The van der Waals surface area contributed by atoms with Crippen LogP contribution in [0.5, 0.6) is 5.88 Å². The first-order valence-corrected chi connectivity index (χ1v) is 7.55. The Morgan fingerprint density at radius 2 is 2.09 bits per heavy atom. The predicted molar refractivity (Wildman–Crippen MR) is 84.0 cm³/mol. The summed E-state index contributed by atoms with van der Waals surface area (Å²) in [7, 11) is 1.61. The van der Waals surface area contributed by atoms with Crippen LogP contribution in [0.1, 0.15) is 12.0 Å². The number of morpholine rings is 1. The van der Waals surface area contributed by atoms with Crippen LogP contribution in [0.4, 0.5) is 0 Å². The van der Waals surface area contributed by atoms with Crippen molar-refractivity contribution < 1.29 is 14.3 Å². The molecule has 2 aromatic rings. The lowest BCUT2D eigenvalue weighted by Crippen LogP contribution is -2.40. The summed E-state index contributed by atoms with van der Waals surface area (Å²) in [6.45, 7) is 2.71. The lowest BCUT2D eigenvalue weighted by molar-refractivity contribution is -0.135. The summed E-state index contributed by atoms with van der Waals surface area (Å²) in [5, 5.41) is 1.07. The Kier molecular flexibility index (Phi) is 4.53. The van der Waals surface area contributed by atoms with E-state index < -0.39 is 0 Å². The second kappa shape index (κ2) is 6.75. The highest BCUT2D eigenvalue weighted by atomic mass is 16.5. The number of benzene rings is 1. The van der Waals surface area contributed by atoms with Crippen LogP contribution in [-0.2, 0) is 16.0 Å². The van der Waals surface area contributed by atoms with E-state index >= 15 is 0 Å². The molecular formula is C17H20N2O3. The zero-order valence-electron chi connectivity index (χ0n) is 12.7. The number of methoxy groups -OCH3 is 1. The van der Waals surface area contributed by atoms with Crippen LogP contribution in [0.3, 0.4) is 0 Å². The van der Waals surface area contributed by atoms with Gasteiger partial charge in [0, 0.05) is 31.0 Å². The van der Waals surface area contributed by atoms with E-state index in [4.69, 9.17) is 9.47 Å². The number of amides is 1. The number of aryl methyl sites for hydroxylation is 1. The van der Waals surface area contributed by atoms with Gasteiger partial charge in [0.15, 0.2) is 0 Å². The van der Waals surface area contributed by atoms with Gasteiger partial charge in [-0.2, -0.15) is 0 Å². The van der Waals surface area contributed by atoms with Gasteiger partial charge in [-0.15, -0.1) is 0 Å². The standard InChI is InChI=1S/C17H20N2O3/c1-21-16-6-4-14-12-13(2-5-15(14)18-16)3-7-17(20)19-8-10-22-11-9-19/h2,4-6,12H,3,7-11H2,1H3. The monoisotopic (exact) mass is 300 g/mol. The van der Waals surface area contributed by atoms with Crippen molar-refractivity contribution in [3.8, 4) is 5.88 Å². The Bertz CT molecular complexity index is 666. The van der Waals surface area contributed by atoms with Crippen molar-refractivity contribution in [3.05, 3.63) is 35.9 Å². The lowest BCUT2D eigenvalue weighted by atomic mass is 10.1. The molecule has 2 heterocycles. The van der Waals surface area contributed by atoms with Crippen LogP contribution in [0.25, 0.3) is 10.9 Å². The first-order chi connectivity index (χ1) is 10.8. The van der Waals surface area contributed by atoms with Crippen molar-refractivity contribution in [1.29, 1.82) is 0 Å². The summed E-state index contributed by atoms with van der Waals surface area (Å²) in [6, 6.07) is 9.95. The first-order valence-electron chi connectivity index (χ1n) is 7.55. The summed E-state index contributed by atoms with van der Waals surface area (Å²) in [5.41, 5.74) is 2.06. The molecule has 0 atom stereocenters. The number of hydrogen-bond acceptors (Lipinski definition) is 4. The van der Waals surface area contributed by atoms with E-state index in [1.54, 1.807) is 7.11 Å². The third kappa shape index (κ3) is 3.36. The van der Waals surface area contributed by atoms with Crippen LogP contribution in [0.2, 0.25) is 0 Å². The third-order valence-electron chi connectivity index (χ3n) is 3.93. The van der Waals surface area contributed by atoms with Crippen molar-refractivity contribution in [3.63, 3.8) is 0 Å². The fourth-order valence-electron chi connectivity index (χ4n) is 2.65. The number of ether oxygens (including phenoxy) is 2. The van der Waals surface area contributed by atoms with E-state index in [2.05, 4.69) is 11.1 Å². The highest BCUT2D eigenvalue weighted by Gasteiger charge is 2.16. The average molecular weight is 300 g/mol. The maximum atomic E-state index is 12.2. The molecule has 1 aliphatic heterocycles. The van der Waals surface area contributed by atoms with E-state index in [0.29, 0.717) is 38.6 Å². The zero-order chi connectivity index (χ0) is 15.4. The van der Waals surface area contributed by atoms with Gasteiger partial charge in [-0.25, -0.2) is 4.98 Å². The molecule has 1 amide bonds. The minimum Gasteiger partial charge on any atom is -0.481 e. The first kappa shape index (κ1) is 14.8. The van der Waals surface area contributed by atoms with Crippen molar-refractivity contribution in [1.82, 2.24) is 9.88 Å². The van der Waals surface area contributed by atoms with Crippen LogP contribution >= 0.6 is 0 Å². The third-order valence-corrected chi connectivity index (χ3v) is 3.93. The molecule has 1 fully saturated rings. The number of pyridine rings is 1. The molecule has 3 rings (SSSR count). The van der Waals surface area contributed by atoms with Gasteiger partial charge < -0.3 is 14.4 Å². The molecule has 0 N–H and O–H groups in total. The van der Waals surface area contributed by atoms with Crippen LogP contribution in [0.15, 0.2) is 30.3 Å². The summed E-state index contributed by atoms with van der Waals surface area (Å²) in [4.78, 5) is 18.4. The fraction of sp³-hybridized carbons (Fsp3) is 0.412.